The first-order chi connectivity index (χ1) is 3.68. The van der Waals surface area contributed by atoms with Gasteiger partial charge in [0.2, 0.25) is 0 Å². The molecule has 0 atom stereocenters. The number of thiocarbonyl (C=S) groups is 1. The zero-order valence-electron chi connectivity index (χ0n) is 6.77. The van der Waals surface area contributed by atoms with Gasteiger partial charge in [0.25, 0.3) is 0 Å². The smallest absolute Gasteiger partial charge is 0.0773 e. The predicted octanol–water partition coefficient (Wildman–Crippen LogP) is 1.29. The van der Waals surface area contributed by atoms with E-state index >= 15 is 0 Å². The molecule has 0 aromatic carbocycles. The average molecular weight is 154 g/mol. The fraction of sp³-hybridized carbons (Fsp3) is 0.833. The van der Waals surface area contributed by atoms with Crippen molar-refractivity contribution in [3.8, 4) is 0 Å². The van der Waals surface area contributed by atoms with Gasteiger partial charge in [-0.1, -0.05) is 19.1 Å². The first-order valence-corrected chi connectivity index (χ1v) is 3.29. The molecule has 0 aliphatic rings. The van der Waals surface area contributed by atoms with E-state index in [1.165, 1.54) is 0 Å². The molecule has 0 heterocycles. The van der Waals surface area contributed by atoms with E-state index in [9.17, 15) is 0 Å². The van der Waals surface area contributed by atoms with Gasteiger partial charge >= 0.3 is 0 Å². The average Bonchev–Trinajstić information content (AvgIpc) is 1.67. The molecule has 1 radical (unpaired) electrons. The van der Waals surface area contributed by atoms with E-state index in [-0.39, 0.29) is 29.6 Å². The molecule has 0 rings (SSSR count). The molecule has 0 unspecified atom stereocenters. The van der Waals surface area contributed by atoms with Gasteiger partial charge in [0.1, 0.15) is 0 Å². The Hall–Kier alpha value is 0.890. The van der Waals surface area contributed by atoms with Crippen molar-refractivity contribution < 1.29 is 0 Å². The van der Waals surface area contributed by atoms with Crippen LogP contribution in [0.2, 0.25) is 0 Å². The fourth-order valence-corrected chi connectivity index (χ4v) is 0.642. The molecule has 0 N–H and O–H groups in total. The van der Waals surface area contributed by atoms with Crippen molar-refractivity contribution in [1.82, 2.24) is 4.90 Å². The maximum absolute atomic E-state index is 5.00. The molecule has 0 aromatic heterocycles. The summed E-state index contributed by atoms with van der Waals surface area (Å²) in [6, 6.07) is 0. The second-order valence-electron chi connectivity index (χ2n) is 2.04. The molecule has 0 fully saturated rings. The summed E-state index contributed by atoms with van der Waals surface area (Å²) >= 11 is 5.00. The van der Waals surface area contributed by atoms with Crippen LogP contribution in [-0.4, -0.2) is 53.5 Å². The van der Waals surface area contributed by atoms with Crippen molar-refractivity contribution in [2.75, 3.05) is 14.1 Å². The number of hydrogen-bond donors (Lipinski definition) is 0. The molecule has 49 valence electrons. The van der Waals surface area contributed by atoms with Crippen molar-refractivity contribution in [2.24, 2.45) is 0 Å². The van der Waals surface area contributed by atoms with E-state index in [0.717, 1.165) is 17.8 Å². The van der Waals surface area contributed by atoms with E-state index in [1.54, 1.807) is 0 Å². The molecule has 0 bridgehead atoms. The third-order valence-electron chi connectivity index (χ3n) is 0.963. The van der Waals surface area contributed by atoms with Gasteiger partial charge in [0, 0.05) is 43.7 Å². The maximum Gasteiger partial charge on any atom is 0.0773 e. The quantitative estimate of drug-likeness (QED) is 0.435. The van der Waals surface area contributed by atoms with Crippen LogP contribution in [0.4, 0.5) is 0 Å². The first-order valence-electron chi connectivity index (χ1n) is 2.88. The molecule has 0 amide bonds. The van der Waals surface area contributed by atoms with Crippen LogP contribution in [0.25, 0.3) is 0 Å². The summed E-state index contributed by atoms with van der Waals surface area (Å²) < 4.78 is 0. The van der Waals surface area contributed by atoms with Gasteiger partial charge in [-0.3, -0.25) is 0 Å². The molecule has 0 aliphatic heterocycles. The van der Waals surface area contributed by atoms with Crippen molar-refractivity contribution in [3.05, 3.63) is 0 Å². The van der Waals surface area contributed by atoms with E-state index in [0.29, 0.717) is 0 Å². The summed E-state index contributed by atoms with van der Waals surface area (Å²) in [6.07, 6.45) is 2.19. The minimum Gasteiger partial charge on any atom is -0.372 e. The van der Waals surface area contributed by atoms with Gasteiger partial charge in [-0.15, -0.1) is 0 Å². The fourth-order valence-electron chi connectivity index (χ4n) is 0.437. The zero-order valence-corrected chi connectivity index (χ0v) is 9.59. The maximum atomic E-state index is 5.00. The van der Waals surface area contributed by atoms with Crippen LogP contribution in [0.1, 0.15) is 19.8 Å². The predicted molar refractivity (Wildman–Crippen MR) is 46.9 cm³/mol. The summed E-state index contributed by atoms with van der Waals surface area (Å²) in [7, 11) is 3.97. The summed E-state index contributed by atoms with van der Waals surface area (Å²) in [5.41, 5.74) is 0. The largest absolute Gasteiger partial charge is 0.372 e. The van der Waals surface area contributed by atoms with E-state index in [4.69, 9.17) is 12.2 Å². The normalized spacial score (nSPS) is 7.89. The van der Waals surface area contributed by atoms with Gasteiger partial charge in [-0.2, -0.15) is 0 Å². The third-order valence-corrected chi connectivity index (χ3v) is 1.53. The van der Waals surface area contributed by atoms with Crippen LogP contribution in [0.5, 0.6) is 0 Å². The summed E-state index contributed by atoms with van der Waals surface area (Å²) in [4.78, 5) is 3.03. The van der Waals surface area contributed by atoms with E-state index < -0.39 is 0 Å². The van der Waals surface area contributed by atoms with Crippen LogP contribution < -0.4 is 0 Å². The van der Waals surface area contributed by atoms with Crippen LogP contribution >= 0.6 is 12.2 Å². The molecule has 0 aromatic rings. The SMILES string of the molecule is CCCC(=S)N(C)C.[Na]. The Labute approximate surface area is 85.1 Å². The Balaban J connectivity index is 0. The monoisotopic (exact) mass is 154 g/mol. The summed E-state index contributed by atoms with van der Waals surface area (Å²) in [6.45, 7) is 2.13. The van der Waals surface area contributed by atoms with Gasteiger partial charge in [0.05, 0.1) is 4.99 Å². The van der Waals surface area contributed by atoms with Crippen LogP contribution in [0.3, 0.4) is 0 Å². The van der Waals surface area contributed by atoms with E-state index in [1.807, 2.05) is 19.0 Å². The van der Waals surface area contributed by atoms with Crippen molar-refractivity contribution in [2.45, 2.75) is 19.8 Å². The molecule has 0 saturated heterocycles. The molecule has 9 heavy (non-hydrogen) atoms. The van der Waals surface area contributed by atoms with Gasteiger partial charge < -0.3 is 4.90 Å². The minimum atomic E-state index is 0. The Morgan fingerprint density at radius 3 is 2.00 bits per heavy atom. The number of rotatable bonds is 2. The van der Waals surface area contributed by atoms with Crippen LogP contribution in [-0.2, 0) is 0 Å². The Bertz CT molecular complexity index is 83.1. The molecule has 0 aliphatic carbocycles. The van der Waals surface area contributed by atoms with Crippen molar-refractivity contribution >= 4 is 46.8 Å². The minimum absolute atomic E-state index is 0. The van der Waals surface area contributed by atoms with Crippen LogP contribution in [0.15, 0.2) is 0 Å². The second kappa shape index (κ2) is 7.00. The third kappa shape index (κ3) is 6.78. The molecule has 0 saturated carbocycles. The van der Waals surface area contributed by atoms with Crippen LogP contribution in [0, 0.1) is 0 Å². The second-order valence-corrected chi connectivity index (χ2v) is 2.51. The molecule has 3 heteroatoms. The van der Waals surface area contributed by atoms with E-state index in [2.05, 4.69) is 6.92 Å². The van der Waals surface area contributed by atoms with Gasteiger partial charge in [-0.25, -0.2) is 0 Å². The van der Waals surface area contributed by atoms with Crippen molar-refractivity contribution in [3.63, 3.8) is 0 Å². The first kappa shape index (κ1) is 12.6. The van der Waals surface area contributed by atoms with Gasteiger partial charge in [0.15, 0.2) is 0 Å². The Morgan fingerprint density at radius 1 is 1.44 bits per heavy atom. The Morgan fingerprint density at radius 2 is 1.89 bits per heavy atom. The Kier molecular flexibility index (Phi) is 9.77. The standard InChI is InChI=1S/C6H13NS.Na/c1-4-5-6(8)7(2)3;/h4-5H2,1-3H3;. The molecular weight excluding hydrogens is 141 g/mol. The number of nitrogens with zero attached hydrogens (tertiary/aromatic N) is 1. The molecule has 0 spiro atoms. The molecule has 1 nitrogen and oxygen atoms in total. The summed E-state index contributed by atoms with van der Waals surface area (Å²) in [5.74, 6) is 0. The molecular formula is C6H13NNaS. The van der Waals surface area contributed by atoms with Crippen molar-refractivity contribution in [1.29, 1.82) is 0 Å². The zero-order chi connectivity index (χ0) is 6.57. The number of hydrogen-bond acceptors (Lipinski definition) is 1. The van der Waals surface area contributed by atoms with Gasteiger partial charge in [-0.05, 0) is 12.8 Å². The summed E-state index contributed by atoms with van der Waals surface area (Å²) in [5, 5.41) is 0. The topological polar surface area (TPSA) is 3.24 Å².